The summed E-state index contributed by atoms with van der Waals surface area (Å²) in [5.74, 6) is -0.0860. The van der Waals surface area contributed by atoms with Gasteiger partial charge in [0.2, 0.25) is 0 Å². The van der Waals surface area contributed by atoms with Gasteiger partial charge in [-0.05, 0) is 35.4 Å². The molecule has 4 heteroatoms. The van der Waals surface area contributed by atoms with Crippen molar-refractivity contribution in [3.05, 3.63) is 95.6 Å². The summed E-state index contributed by atoms with van der Waals surface area (Å²) < 4.78 is 5.18. The largest absolute Gasteiger partial charge is 0.380 e. The molecule has 3 nitrogen and oxygen atoms in total. The molecule has 3 rings (SSSR count). The van der Waals surface area contributed by atoms with Crippen molar-refractivity contribution in [1.82, 2.24) is 5.32 Å². The zero-order valence-corrected chi connectivity index (χ0v) is 15.5. The molecule has 0 saturated heterocycles. The van der Waals surface area contributed by atoms with Crippen molar-refractivity contribution in [3.8, 4) is 0 Å². The van der Waals surface area contributed by atoms with Gasteiger partial charge >= 0.3 is 0 Å². The number of ether oxygens (including phenoxy) is 1. The molecule has 26 heavy (non-hydrogen) atoms. The van der Waals surface area contributed by atoms with E-state index in [0.717, 1.165) is 16.0 Å². The number of hydrogen-bond donors (Lipinski definition) is 1. The van der Waals surface area contributed by atoms with Gasteiger partial charge in [0.05, 0.1) is 6.61 Å². The molecule has 1 N–H and O–H groups in total. The summed E-state index contributed by atoms with van der Waals surface area (Å²) in [4.78, 5) is 14.9. The molecule has 0 aliphatic heterocycles. The Morgan fingerprint density at radius 1 is 0.885 bits per heavy atom. The summed E-state index contributed by atoms with van der Waals surface area (Å²) in [7, 11) is 1.63. The first kappa shape index (κ1) is 18.2. The predicted octanol–water partition coefficient (Wildman–Crippen LogP) is 4.91. The van der Waals surface area contributed by atoms with Crippen molar-refractivity contribution in [1.29, 1.82) is 0 Å². The maximum absolute atomic E-state index is 12.6. The van der Waals surface area contributed by atoms with Crippen LogP contribution in [0.1, 0.15) is 21.5 Å². The Hall–Kier alpha value is -2.56. The second kappa shape index (κ2) is 9.22. The molecule has 0 atom stereocenters. The summed E-state index contributed by atoms with van der Waals surface area (Å²) in [6.45, 7) is 0.903. The van der Waals surface area contributed by atoms with Crippen LogP contribution >= 0.6 is 11.8 Å². The van der Waals surface area contributed by atoms with E-state index in [-0.39, 0.29) is 5.91 Å². The van der Waals surface area contributed by atoms with Gasteiger partial charge in [0.25, 0.3) is 5.91 Å². The van der Waals surface area contributed by atoms with Crippen LogP contribution in [0.2, 0.25) is 0 Å². The number of hydrogen-bond acceptors (Lipinski definition) is 3. The average Bonchev–Trinajstić information content (AvgIpc) is 2.68. The molecule has 132 valence electrons. The van der Waals surface area contributed by atoms with E-state index in [1.54, 1.807) is 18.9 Å². The summed E-state index contributed by atoms with van der Waals surface area (Å²) in [6, 6.07) is 25.9. The number of nitrogens with one attached hydrogen (secondary N) is 1. The normalized spacial score (nSPS) is 10.5. The van der Waals surface area contributed by atoms with Gasteiger partial charge in [-0.15, -0.1) is 0 Å². The van der Waals surface area contributed by atoms with Gasteiger partial charge in [-0.25, -0.2) is 0 Å². The molecule has 0 radical (unpaired) electrons. The van der Waals surface area contributed by atoms with Crippen molar-refractivity contribution in [2.75, 3.05) is 7.11 Å². The lowest BCUT2D eigenvalue weighted by Crippen LogP contribution is -2.24. The first-order valence-corrected chi connectivity index (χ1v) is 9.25. The number of carbonyl (C=O) groups is 1. The Bertz CT molecular complexity index is 865. The number of amides is 1. The number of rotatable bonds is 7. The van der Waals surface area contributed by atoms with Crippen LogP contribution in [-0.4, -0.2) is 13.0 Å². The van der Waals surface area contributed by atoms with Crippen LogP contribution < -0.4 is 5.32 Å². The lowest BCUT2D eigenvalue weighted by Gasteiger charge is -2.12. The Morgan fingerprint density at radius 2 is 1.54 bits per heavy atom. The number of methoxy groups -OCH3 is 1. The van der Waals surface area contributed by atoms with Crippen molar-refractivity contribution >= 4 is 17.7 Å². The molecular formula is C22H21NO2S. The Labute approximate surface area is 158 Å². The molecule has 3 aromatic rings. The second-order valence-electron chi connectivity index (χ2n) is 5.80. The van der Waals surface area contributed by atoms with Gasteiger partial charge in [0.15, 0.2) is 0 Å². The minimum atomic E-state index is -0.0860. The van der Waals surface area contributed by atoms with E-state index in [0.29, 0.717) is 18.7 Å². The highest BCUT2D eigenvalue weighted by Crippen LogP contribution is 2.30. The molecule has 0 heterocycles. The van der Waals surface area contributed by atoms with Crippen molar-refractivity contribution in [3.63, 3.8) is 0 Å². The predicted molar refractivity (Wildman–Crippen MR) is 105 cm³/mol. The van der Waals surface area contributed by atoms with Crippen molar-refractivity contribution < 1.29 is 9.53 Å². The van der Waals surface area contributed by atoms with E-state index in [2.05, 4.69) is 23.5 Å². The molecule has 0 aromatic heterocycles. The maximum Gasteiger partial charge on any atom is 0.251 e. The highest BCUT2D eigenvalue weighted by atomic mass is 32.2. The molecule has 0 spiro atoms. The van der Waals surface area contributed by atoms with Crippen LogP contribution in [0.3, 0.4) is 0 Å². The Kier molecular flexibility index (Phi) is 6.47. The fourth-order valence-electron chi connectivity index (χ4n) is 2.66. The Balaban J connectivity index is 1.71. The molecule has 0 aliphatic carbocycles. The van der Waals surface area contributed by atoms with Crippen molar-refractivity contribution in [2.24, 2.45) is 0 Å². The highest BCUT2D eigenvalue weighted by Gasteiger charge is 2.11. The fourth-order valence-corrected chi connectivity index (χ4v) is 3.62. The third-order valence-corrected chi connectivity index (χ3v) is 5.07. The molecule has 3 aromatic carbocycles. The monoisotopic (exact) mass is 363 g/mol. The molecule has 0 bridgehead atoms. The van der Waals surface area contributed by atoms with Gasteiger partial charge in [-0.1, -0.05) is 66.4 Å². The van der Waals surface area contributed by atoms with Crippen LogP contribution in [0.4, 0.5) is 0 Å². The third-order valence-electron chi connectivity index (χ3n) is 3.94. The smallest absolute Gasteiger partial charge is 0.251 e. The molecule has 0 aliphatic rings. The zero-order chi connectivity index (χ0) is 18.2. The highest BCUT2D eigenvalue weighted by molar-refractivity contribution is 7.99. The van der Waals surface area contributed by atoms with E-state index in [1.165, 1.54) is 4.90 Å². The third kappa shape index (κ3) is 4.75. The second-order valence-corrected chi connectivity index (χ2v) is 6.91. The average molecular weight is 363 g/mol. The molecule has 0 unspecified atom stereocenters. The van der Waals surface area contributed by atoms with Crippen LogP contribution in [-0.2, 0) is 17.9 Å². The topological polar surface area (TPSA) is 38.3 Å². The first-order valence-electron chi connectivity index (χ1n) is 8.44. The van der Waals surface area contributed by atoms with Gasteiger partial charge in [-0.3, -0.25) is 4.79 Å². The summed E-state index contributed by atoms with van der Waals surface area (Å²) in [5.41, 5.74) is 2.64. The Morgan fingerprint density at radius 3 is 2.31 bits per heavy atom. The summed E-state index contributed by atoms with van der Waals surface area (Å²) >= 11 is 1.70. The number of carbonyl (C=O) groups excluding carboxylic acids is 1. The van der Waals surface area contributed by atoms with Gasteiger partial charge in [0.1, 0.15) is 0 Å². The minimum Gasteiger partial charge on any atom is -0.380 e. The van der Waals surface area contributed by atoms with Crippen LogP contribution in [0.15, 0.2) is 88.7 Å². The lowest BCUT2D eigenvalue weighted by atomic mass is 10.1. The fraction of sp³-hybridized carbons (Fsp3) is 0.136. The van der Waals surface area contributed by atoms with Crippen LogP contribution in [0, 0.1) is 0 Å². The van der Waals surface area contributed by atoms with Crippen LogP contribution in [0.5, 0.6) is 0 Å². The van der Waals surface area contributed by atoms with Gasteiger partial charge in [-0.2, -0.15) is 0 Å². The van der Waals surface area contributed by atoms with E-state index < -0.39 is 0 Å². The first-order chi connectivity index (χ1) is 12.8. The summed E-state index contributed by atoms with van der Waals surface area (Å²) in [6.07, 6.45) is 0. The maximum atomic E-state index is 12.6. The lowest BCUT2D eigenvalue weighted by molar-refractivity contribution is 0.0945. The molecule has 0 fully saturated rings. The van der Waals surface area contributed by atoms with E-state index in [4.69, 9.17) is 4.74 Å². The van der Waals surface area contributed by atoms with Gasteiger partial charge in [0, 0.05) is 29.0 Å². The summed E-state index contributed by atoms with van der Waals surface area (Å²) in [5, 5.41) is 3.03. The van der Waals surface area contributed by atoms with E-state index >= 15 is 0 Å². The molecule has 1 amide bonds. The van der Waals surface area contributed by atoms with Crippen molar-refractivity contribution in [2.45, 2.75) is 22.9 Å². The number of benzene rings is 3. The molecular weight excluding hydrogens is 342 g/mol. The standard InChI is InChI=1S/C22H21NO2S/c1-25-16-18-10-5-7-13-20(18)22(24)23-15-17-9-6-8-14-21(17)26-19-11-3-2-4-12-19/h2-14H,15-16H2,1H3,(H,23,24). The minimum absolute atomic E-state index is 0.0860. The van der Waals surface area contributed by atoms with Gasteiger partial charge < -0.3 is 10.1 Å². The van der Waals surface area contributed by atoms with Crippen LogP contribution in [0.25, 0.3) is 0 Å². The zero-order valence-electron chi connectivity index (χ0n) is 14.6. The van der Waals surface area contributed by atoms with E-state index in [9.17, 15) is 4.79 Å². The SMILES string of the molecule is COCc1ccccc1C(=O)NCc1ccccc1Sc1ccccc1. The molecule has 0 saturated carbocycles. The van der Waals surface area contributed by atoms with E-state index in [1.807, 2.05) is 60.7 Å². The quantitative estimate of drug-likeness (QED) is 0.648.